The second-order valence-electron chi connectivity index (χ2n) is 2.54. The standard InChI is InChI=1S/C7H3F6N3/c1-2-3-14-4(6(8,9)10)16-5(15-3)7(11,12)13/h2H,1H2. The van der Waals surface area contributed by atoms with Crippen LogP contribution in [-0.4, -0.2) is 15.0 Å². The summed E-state index contributed by atoms with van der Waals surface area (Å²) < 4.78 is 72.7. The van der Waals surface area contributed by atoms with Crippen LogP contribution in [0.2, 0.25) is 0 Å². The normalized spacial score (nSPS) is 12.6. The maximum atomic E-state index is 12.1. The Balaban J connectivity index is 3.39. The van der Waals surface area contributed by atoms with E-state index in [1.807, 2.05) is 0 Å². The third kappa shape index (κ3) is 2.67. The molecule has 0 aliphatic heterocycles. The summed E-state index contributed by atoms with van der Waals surface area (Å²) in [5, 5.41) is 0. The zero-order valence-corrected chi connectivity index (χ0v) is 7.39. The molecule has 0 bridgehead atoms. The molecule has 0 aromatic carbocycles. The van der Waals surface area contributed by atoms with Crippen molar-refractivity contribution in [1.82, 2.24) is 15.0 Å². The van der Waals surface area contributed by atoms with E-state index in [0.29, 0.717) is 6.08 Å². The van der Waals surface area contributed by atoms with Crippen LogP contribution in [0.1, 0.15) is 17.5 Å². The van der Waals surface area contributed by atoms with Gasteiger partial charge in [0.25, 0.3) is 0 Å². The molecule has 88 valence electrons. The van der Waals surface area contributed by atoms with Gasteiger partial charge < -0.3 is 0 Å². The minimum absolute atomic E-state index is 0.673. The Morgan fingerprint density at radius 1 is 0.812 bits per heavy atom. The van der Waals surface area contributed by atoms with Crippen LogP contribution in [-0.2, 0) is 12.4 Å². The monoisotopic (exact) mass is 243 g/mol. The Kier molecular flexibility index (Phi) is 2.89. The number of nitrogens with zero attached hydrogens (tertiary/aromatic N) is 3. The minimum atomic E-state index is -5.07. The van der Waals surface area contributed by atoms with Gasteiger partial charge in [0.1, 0.15) is 0 Å². The lowest BCUT2D eigenvalue weighted by molar-refractivity contribution is -0.155. The molecule has 0 saturated carbocycles. The number of alkyl halides is 6. The second kappa shape index (κ2) is 3.72. The van der Waals surface area contributed by atoms with Gasteiger partial charge in [-0.25, -0.2) is 15.0 Å². The molecule has 16 heavy (non-hydrogen) atoms. The Bertz CT molecular complexity index is 375. The first-order valence-electron chi connectivity index (χ1n) is 3.67. The van der Waals surface area contributed by atoms with Crippen molar-refractivity contribution in [2.75, 3.05) is 0 Å². The summed E-state index contributed by atoms with van der Waals surface area (Å²) in [7, 11) is 0. The maximum absolute atomic E-state index is 12.1. The van der Waals surface area contributed by atoms with Crippen LogP contribution in [0, 0.1) is 0 Å². The second-order valence-corrected chi connectivity index (χ2v) is 2.54. The molecule has 9 heteroatoms. The first-order valence-corrected chi connectivity index (χ1v) is 3.67. The Morgan fingerprint density at radius 2 is 1.19 bits per heavy atom. The van der Waals surface area contributed by atoms with Gasteiger partial charge in [0.2, 0.25) is 11.6 Å². The lowest BCUT2D eigenvalue weighted by Gasteiger charge is -2.09. The van der Waals surface area contributed by atoms with Crippen molar-refractivity contribution in [2.45, 2.75) is 12.4 Å². The van der Waals surface area contributed by atoms with Crippen molar-refractivity contribution in [3.05, 3.63) is 24.1 Å². The van der Waals surface area contributed by atoms with Gasteiger partial charge in [-0.2, -0.15) is 26.3 Å². The van der Waals surface area contributed by atoms with Crippen molar-refractivity contribution in [3.8, 4) is 0 Å². The van der Waals surface area contributed by atoms with Crippen LogP contribution in [0.25, 0.3) is 6.08 Å². The highest BCUT2D eigenvalue weighted by atomic mass is 19.4. The fourth-order valence-electron chi connectivity index (χ4n) is 0.737. The molecule has 3 nitrogen and oxygen atoms in total. The molecule has 0 atom stereocenters. The number of hydrogen-bond donors (Lipinski definition) is 0. The number of rotatable bonds is 1. The molecule has 0 aliphatic carbocycles. The molecule has 0 N–H and O–H groups in total. The highest BCUT2D eigenvalue weighted by Gasteiger charge is 2.41. The van der Waals surface area contributed by atoms with Crippen LogP contribution in [0.5, 0.6) is 0 Å². The maximum Gasteiger partial charge on any atom is 0.451 e. The third-order valence-corrected chi connectivity index (χ3v) is 1.34. The van der Waals surface area contributed by atoms with E-state index in [4.69, 9.17) is 0 Å². The van der Waals surface area contributed by atoms with E-state index in [-0.39, 0.29) is 0 Å². The van der Waals surface area contributed by atoms with Crippen molar-refractivity contribution in [3.63, 3.8) is 0 Å². The van der Waals surface area contributed by atoms with Crippen molar-refractivity contribution in [1.29, 1.82) is 0 Å². The summed E-state index contributed by atoms with van der Waals surface area (Å²) in [6, 6.07) is 0. The van der Waals surface area contributed by atoms with E-state index in [1.165, 1.54) is 0 Å². The van der Waals surface area contributed by atoms with E-state index < -0.39 is 29.8 Å². The summed E-state index contributed by atoms with van der Waals surface area (Å²) in [6.07, 6.45) is -9.46. The van der Waals surface area contributed by atoms with Gasteiger partial charge >= 0.3 is 12.4 Å². The molecule has 1 rings (SSSR count). The van der Waals surface area contributed by atoms with Crippen LogP contribution in [0.15, 0.2) is 6.58 Å². The van der Waals surface area contributed by atoms with Crippen LogP contribution < -0.4 is 0 Å². The lowest BCUT2D eigenvalue weighted by Crippen LogP contribution is -2.20. The topological polar surface area (TPSA) is 38.7 Å². The van der Waals surface area contributed by atoms with Gasteiger partial charge in [0.15, 0.2) is 5.82 Å². The summed E-state index contributed by atoms with van der Waals surface area (Å²) >= 11 is 0. The number of hydrogen-bond acceptors (Lipinski definition) is 3. The molecule has 0 unspecified atom stereocenters. The SMILES string of the molecule is C=Cc1nc(C(F)(F)F)nc(C(F)(F)F)n1. The number of halogens is 6. The summed E-state index contributed by atoms with van der Waals surface area (Å²) in [6.45, 7) is 2.99. The first kappa shape index (κ1) is 12.4. The molecule has 0 radical (unpaired) electrons. The predicted octanol–water partition coefficient (Wildman–Crippen LogP) is 2.55. The quantitative estimate of drug-likeness (QED) is 0.711. The fourth-order valence-corrected chi connectivity index (χ4v) is 0.737. The fraction of sp³-hybridized carbons (Fsp3) is 0.286. The molecule has 0 saturated heterocycles. The zero-order chi connectivity index (χ0) is 12.6. The van der Waals surface area contributed by atoms with Crippen LogP contribution in [0.3, 0.4) is 0 Å². The smallest absolute Gasteiger partial charge is 0.205 e. The average molecular weight is 243 g/mol. The average Bonchev–Trinajstić information content (AvgIpc) is 2.14. The van der Waals surface area contributed by atoms with E-state index in [1.54, 1.807) is 0 Å². The predicted molar refractivity (Wildman–Crippen MR) is 39.9 cm³/mol. The molecule has 0 spiro atoms. The molecule has 0 amide bonds. The van der Waals surface area contributed by atoms with Gasteiger partial charge in [-0.05, 0) is 6.08 Å². The van der Waals surface area contributed by atoms with E-state index in [2.05, 4.69) is 21.5 Å². The Morgan fingerprint density at radius 3 is 1.44 bits per heavy atom. The molecule has 1 aromatic heterocycles. The highest BCUT2D eigenvalue weighted by molar-refractivity contribution is 5.35. The Labute approximate surface area is 84.9 Å². The molecule has 0 fully saturated rings. The van der Waals surface area contributed by atoms with Gasteiger partial charge in [-0.1, -0.05) is 6.58 Å². The van der Waals surface area contributed by atoms with Gasteiger partial charge in [-0.15, -0.1) is 0 Å². The van der Waals surface area contributed by atoms with Crippen LogP contribution >= 0.6 is 0 Å². The number of aromatic nitrogens is 3. The van der Waals surface area contributed by atoms with E-state index in [9.17, 15) is 26.3 Å². The summed E-state index contributed by atoms with van der Waals surface area (Å²) in [4.78, 5) is 7.85. The zero-order valence-electron chi connectivity index (χ0n) is 7.39. The van der Waals surface area contributed by atoms with Crippen LogP contribution in [0.4, 0.5) is 26.3 Å². The van der Waals surface area contributed by atoms with Gasteiger partial charge in [0.05, 0.1) is 0 Å². The van der Waals surface area contributed by atoms with Crippen molar-refractivity contribution >= 4 is 6.08 Å². The van der Waals surface area contributed by atoms with Crippen molar-refractivity contribution in [2.24, 2.45) is 0 Å². The minimum Gasteiger partial charge on any atom is -0.205 e. The summed E-state index contributed by atoms with van der Waals surface area (Å²) in [5.41, 5.74) is 0. The third-order valence-electron chi connectivity index (χ3n) is 1.34. The largest absolute Gasteiger partial charge is 0.451 e. The Hall–Kier alpha value is -1.67. The van der Waals surface area contributed by atoms with Gasteiger partial charge in [-0.3, -0.25) is 0 Å². The molecule has 1 aromatic rings. The van der Waals surface area contributed by atoms with E-state index in [0.717, 1.165) is 0 Å². The molecular formula is C7H3F6N3. The molecular weight excluding hydrogens is 240 g/mol. The van der Waals surface area contributed by atoms with Crippen molar-refractivity contribution < 1.29 is 26.3 Å². The molecule has 0 aliphatic rings. The highest BCUT2D eigenvalue weighted by Crippen LogP contribution is 2.30. The van der Waals surface area contributed by atoms with E-state index >= 15 is 0 Å². The lowest BCUT2D eigenvalue weighted by atomic mass is 10.4. The molecule has 1 heterocycles. The first-order chi connectivity index (χ1) is 7.14. The van der Waals surface area contributed by atoms with Gasteiger partial charge in [0, 0.05) is 0 Å². The summed E-state index contributed by atoms with van der Waals surface area (Å²) in [5.74, 6) is -4.58.